The summed E-state index contributed by atoms with van der Waals surface area (Å²) in [5, 5.41) is 21.2. The molecule has 0 aromatic heterocycles. The SMILES string of the molecule is N=C(N)C1CCC2CC(C(=O)O)N(CC3CCCC4CCCCC43)C2N1. The van der Waals surface area contributed by atoms with Crippen molar-refractivity contribution >= 4 is 11.8 Å². The van der Waals surface area contributed by atoms with E-state index in [0.717, 1.165) is 37.6 Å². The van der Waals surface area contributed by atoms with Gasteiger partial charge in [-0.05, 0) is 55.8 Å². The molecule has 4 rings (SSSR count). The summed E-state index contributed by atoms with van der Waals surface area (Å²) < 4.78 is 0. The molecule has 26 heavy (non-hydrogen) atoms. The Bertz CT molecular complexity index is 552. The first-order valence-corrected chi connectivity index (χ1v) is 10.6. The molecule has 2 heterocycles. The summed E-state index contributed by atoms with van der Waals surface area (Å²) in [6.07, 6.45) is 12.0. The molecule has 7 unspecified atom stereocenters. The molecule has 0 amide bonds. The highest BCUT2D eigenvalue weighted by Crippen LogP contribution is 2.45. The number of nitrogens with zero attached hydrogens (tertiary/aromatic N) is 1. The predicted molar refractivity (Wildman–Crippen MR) is 101 cm³/mol. The molecule has 0 bridgehead atoms. The minimum absolute atomic E-state index is 0.0720. The van der Waals surface area contributed by atoms with Gasteiger partial charge in [-0.2, -0.15) is 0 Å². The molecule has 146 valence electrons. The van der Waals surface area contributed by atoms with Crippen LogP contribution in [0.1, 0.15) is 64.2 Å². The minimum Gasteiger partial charge on any atom is -0.480 e. The molecule has 4 fully saturated rings. The maximum Gasteiger partial charge on any atom is 0.320 e. The summed E-state index contributed by atoms with van der Waals surface area (Å²) in [5.41, 5.74) is 5.75. The molecule has 0 aromatic carbocycles. The zero-order chi connectivity index (χ0) is 18.3. The van der Waals surface area contributed by atoms with E-state index in [4.69, 9.17) is 11.1 Å². The molecular formula is C20H34N4O2. The number of aliphatic carboxylic acids is 1. The summed E-state index contributed by atoms with van der Waals surface area (Å²) >= 11 is 0. The molecule has 0 aromatic rings. The monoisotopic (exact) mass is 362 g/mol. The fraction of sp³-hybridized carbons (Fsp3) is 0.900. The number of likely N-dealkylation sites (tertiary alicyclic amines) is 1. The molecule has 2 aliphatic carbocycles. The number of carbonyl (C=O) groups is 1. The first-order chi connectivity index (χ1) is 12.5. The van der Waals surface area contributed by atoms with E-state index in [-0.39, 0.29) is 24.1 Å². The number of hydrogen-bond acceptors (Lipinski definition) is 4. The maximum atomic E-state index is 12.0. The Labute approximate surface area is 156 Å². The average Bonchev–Trinajstić information content (AvgIpc) is 3.00. The minimum atomic E-state index is -0.684. The summed E-state index contributed by atoms with van der Waals surface area (Å²) in [4.78, 5) is 14.2. The van der Waals surface area contributed by atoms with Crippen molar-refractivity contribution in [2.45, 2.75) is 82.5 Å². The number of piperidine rings is 1. The van der Waals surface area contributed by atoms with Crippen molar-refractivity contribution in [1.82, 2.24) is 10.2 Å². The van der Waals surface area contributed by atoms with E-state index in [0.29, 0.717) is 11.8 Å². The number of rotatable bonds is 4. The van der Waals surface area contributed by atoms with Crippen LogP contribution in [-0.4, -0.2) is 46.6 Å². The topological polar surface area (TPSA) is 102 Å². The zero-order valence-corrected chi connectivity index (χ0v) is 15.7. The zero-order valence-electron chi connectivity index (χ0n) is 15.7. The van der Waals surface area contributed by atoms with Crippen LogP contribution < -0.4 is 11.1 Å². The van der Waals surface area contributed by atoms with Crippen LogP contribution in [0.5, 0.6) is 0 Å². The Morgan fingerprint density at radius 2 is 1.85 bits per heavy atom. The Hall–Kier alpha value is -1.14. The second-order valence-electron chi connectivity index (χ2n) is 9.14. The summed E-state index contributed by atoms with van der Waals surface area (Å²) in [5.74, 6) is 2.17. The summed E-state index contributed by atoms with van der Waals surface area (Å²) in [6.45, 7) is 0.900. The standard InChI is InChI=1S/C20H34N4O2/c21-18(22)16-9-8-13-10-17(20(25)26)24(19(13)23-16)11-14-6-3-5-12-4-1-2-7-15(12)14/h12-17,19,23H,1-11H2,(H3,21,22)(H,25,26). The molecule has 5 N–H and O–H groups in total. The van der Waals surface area contributed by atoms with Gasteiger partial charge in [0.15, 0.2) is 0 Å². The molecule has 0 radical (unpaired) electrons. The molecule has 2 aliphatic heterocycles. The van der Waals surface area contributed by atoms with Gasteiger partial charge in [-0.1, -0.05) is 32.1 Å². The molecular weight excluding hydrogens is 328 g/mol. The molecule has 2 saturated carbocycles. The van der Waals surface area contributed by atoms with E-state index in [1.54, 1.807) is 0 Å². The molecule has 2 saturated heterocycles. The number of nitrogens with one attached hydrogen (secondary N) is 2. The normalized spacial score (nSPS) is 43.5. The number of nitrogens with two attached hydrogens (primary N) is 1. The van der Waals surface area contributed by atoms with Crippen LogP contribution in [0.3, 0.4) is 0 Å². The van der Waals surface area contributed by atoms with Gasteiger partial charge in [0.1, 0.15) is 11.9 Å². The Morgan fingerprint density at radius 3 is 2.62 bits per heavy atom. The van der Waals surface area contributed by atoms with Crippen molar-refractivity contribution in [1.29, 1.82) is 5.41 Å². The number of amidine groups is 1. The van der Waals surface area contributed by atoms with Gasteiger partial charge in [0.25, 0.3) is 0 Å². The van der Waals surface area contributed by atoms with Gasteiger partial charge in [0.2, 0.25) is 0 Å². The van der Waals surface area contributed by atoms with Gasteiger partial charge in [-0.25, -0.2) is 0 Å². The van der Waals surface area contributed by atoms with Crippen molar-refractivity contribution < 1.29 is 9.90 Å². The highest BCUT2D eigenvalue weighted by atomic mass is 16.4. The van der Waals surface area contributed by atoms with Crippen LogP contribution in [0.15, 0.2) is 0 Å². The quantitative estimate of drug-likeness (QED) is 0.454. The summed E-state index contributed by atoms with van der Waals surface area (Å²) in [7, 11) is 0. The molecule has 7 atom stereocenters. The molecule has 4 aliphatic rings. The Balaban J connectivity index is 1.51. The van der Waals surface area contributed by atoms with E-state index in [1.165, 1.54) is 44.9 Å². The second kappa shape index (κ2) is 7.47. The van der Waals surface area contributed by atoms with Gasteiger partial charge >= 0.3 is 5.97 Å². The third kappa shape index (κ3) is 3.38. The fourth-order valence-electron chi connectivity index (χ4n) is 6.49. The molecule has 6 heteroatoms. The van der Waals surface area contributed by atoms with Crippen LogP contribution >= 0.6 is 0 Å². The van der Waals surface area contributed by atoms with Crippen molar-refractivity contribution in [3.63, 3.8) is 0 Å². The van der Waals surface area contributed by atoms with Crippen LogP contribution in [-0.2, 0) is 4.79 Å². The average molecular weight is 363 g/mol. The fourth-order valence-corrected chi connectivity index (χ4v) is 6.49. The van der Waals surface area contributed by atoms with E-state index in [2.05, 4.69) is 10.2 Å². The number of fused-ring (bicyclic) bond motifs is 2. The predicted octanol–water partition coefficient (Wildman–Crippen LogP) is 2.38. The Morgan fingerprint density at radius 1 is 1.08 bits per heavy atom. The lowest BCUT2D eigenvalue weighted by molar-refractivity contribution is -0.143. The molecule has 6 nitrogen and oxygen atoms in total. The first-order valence-electron chi connectivity index (χ1n) is 10.6. The lowest BCUT2D eigenvalue weighted by atomic mass is 9.65. The van der Waals surface area contributed by atoms with Crippen LogP contribution in [0.25, 0.3) is 0 Å². The van der Waals surface area contributed by atoms with Crippen LogP contribution in [0.4, 0.5) is 0 Å². The van der Waals surface area contributed by atoms with Gasteiger partial charge in [0.05, 0.1) is 12.2 Å². The van der Waals surface area contributed by atoms with E-state index in [9.17, 15) is 9.90 Å². The largest absolute Gasteiger partial charge is 0.480 e. The maximum absolute atomic E-state index is 12.0. The van der Waals surface area contributed by atoms with Crippen molar-refractivity contribution in [2.75, 3.05) is 6.54 Å². The number of hydrogen-bond donors (Lipinski definition) is 4. The van der Waals surface area contributed by atoms with E-state index in [1.807, 2.05) is 0 Å². The van der Waals surface area contributed by atoms with Crippen molar-refractivity contribution in [3.05, 3.63) is 0 Å². The smallest absolute Gasteiger partial charge is 0.320 e. The lowest BCUT2D eigenvalue weighted by Crippen LogP contribution is -2.59. The third-order valence-corrected chi connectivity index (χ3v) is 7.76. The third-order valence-electron chi connectivity index (χ3n) is 7.76. The van der Waals surface area contributed by atoms with Gasteiger partial charge in [-0.15, -0.1) is 0 Å². The highest BCUT2D eigenvalue weighted by molar-refractivity contribution is 5.83. The summed E-state index contributed by atoms with van der Waals surface area (Å²) in [6, 6.07) is -0.479. The number of carboxylic acid groups (broad SMARTS) is 1. The van der Waals surface area contributed by atoms with Gasteiger partial charge in [-0.3, -0.25) is 20.4 Å². The van der Waals surface area contributed by atoms with Crippen molar-refractivity contribution in [3.8, 4) is 0 Å². The van der Waals surface area contributed by atoms with Crippen LogP contribution in [0, 0.1) is 29.1 Å². The van der Waals surface area contributed by atoms with Gasteiger partial charge < -0.3 is 10.8 Å². The van der Waals surface area contributed by atoms with E-state index >= 15 is 0 Å². The lowest BCUT2D eigenvalue weighted by Gasteiger charge is -2.45. The second-order valence-corrected chi connectivity index (χ2v) is 9.14. The highest BCUT2D eigenvalue weighted by Gasteiger charge is 2.49. The first kappa shape index (κ1) is 18.2. The molecule has 0 spiro atoms. The van der Waals surface area contributed by atoms with Crippen LogP contribution in [0.2, 0.25) is 0 Å². The number of carboxylic acids is 1. The Kier molecular flexibility index (Phi) is 5.24. The van der Waals surface area contributed by atoms with E-state index < -0.39 is 5.97 Å². The van der Waals surface area contributed by atoms with Gasteiger partial charge in [0, 0.05) is 6.54 Å². The van der Waals surface area contributed by atoms with Crippen molar-refractivity contribution in [2.24, 2.45) is 29.4 Å².